The van der Waals surface area contributed by atoms with Gasteiger partial charge in [0.25, 0.3) is 23.6 Å². The lowest BCUT2D eigenvalue weighted by Crippen LogP contribution is -2.29. The molecule has 0 N–H and O–H groups in total. The van der Waals surface area contributed by atoms with Crippen LogP contribution in [0.5, 0.6) is 23.0 Å². The van der Waals surface area contributed by atoms with E-state index in [9.17, 15) is 23.7 Å². The summed E-state index contributed by atoms with van der Waals surface area (Å²) in [5, 5.41) is 0. The number of rotatable bonds is 8. The van der Waals surface area contributed by atoms with Crippen molar-refractivity contribution in [3.05, 3.63) is 121 Å². The molecule has 0 saturated heterocycles. The Hall–Kier alpha value is -5.45. The van der Waals surface area contributed by atoms with Crippen LogP contribution in [0, 0.1) is 0 Å². The molecule has 6 rings (SSSR count). The van der Waals surface area contributed by atoms with Gasteiger partial charge in [-0.3, -0.25) is 19.2 Å². The lowest BCUT2D eigenvalue weighted by atomic mass is 10.2. The topological polar surface area (TPSA) is 116 Å². The van der Waals surface area contributed by atoms with E-state index >= 15 is 0 Å². The highest BCUT2D eigenvalue weighted by Crippen LogP contribution is 2.30. The van der Waals surface area contributed by atoms with Gasteiger partial charge in [0.2, 0.25) is 0 Å². The molecule has 0 radical (unpaired) electrons. The molecule has 4 aromatic rings. The zero-order valence-electron chi connectivity index (χ0n) is 21.7. The number of hydrogen-bond acceptors (Lipinski definition) is 7. The number of imide groups is 2. The summed E-state index contributed by atoms with van der Waals surface area (Å²) in [7, 11) is 0. The van der Waals surface area contributed by atoms with Gasteiger partial charge < -0.3 is 14.0 Å². The molecule has 0 bridgehead atoms. The molecule has 0 spiro atoms. The molecule has 2 aliphatic heterocycles. The van der Waals surface area contributed by atoms with Gasteiger partial charge in [-0.05, 0) is 97.1 Å². The third kappa shape index (κ3) is 5.44. The van der Waals surface area contributed by atoms with Crippen LogP contribution in [0.1, 0.15) is 0 Å². The van der Waals surface area contributed by atoms with Crippen molar-refractivity contribution >= 4 is 46.2 Å². The van der Waals surface area contributed by atoms with Crippen molar-refractivity contribution in [3.63, 3.8) is 0 Å². The second kappa shape index (κ2) is 11.2. The summed E-state index contributed by atoms with van der Waals surface area (Å²) < 4.78 is 24.8. The second-order valence-electron chi connectivity index (χ2n) is 9.09. The van der Waals surface area contributed by atoms with Crippen LogP contribution in [0.4, 0.5) is 11.4 Å². The molecule has 0 unspecified atom stereocenters. The van der Waals surface area contributed by atoms with E-state index in [-0.39, 0.29) is 23.6 Å². The summed E-state index contributed by atoms with van der Waals surface area (Å²) in [4.78, 5) is 50.7. The average Bonchev–Trinajstić information content (AvgIpc) is 3.53. The van der Waals surface area contributed by atoms with Crippen molar-refractivity contribution in [2.24, 2.45) is 0 Å². The summed E-state index contributed by atoms with van der Waals surface area (Å²) in [6.07, 6.45) is 4.91. The van der Waals surface area contributed by atoms with Crippen LogP contribution in [0.15, 0.2) is 131 Å². The molecule has 42 heavy (non-hydrogen) atoms. The van der Waals surface area contributed by atoms with Gasteiger partial charge in [-0.1, -0.05) is 0 Å². The third-order valence-electron chi connectivity index (χ3n) is 6.36. The van der Waals surface area contributed by atoms with Gasteiger partial charge in [0, 0.05) is 35.5 Å². The third-order valence-corrected chi connectivity index (χ3v) is 7.76. The molecule has 4 aromatic carbocycles. The van der Waals surface area contributed by atoms with E-state index in [0.717, 1.165) is 9.80 Å². The minimum atomic E-state index is -1.44. The van der Waals surface area contributed by atoms with Gasteiger partial charge in [0.05, 0.1) is 11.4 Å². The van der Waals surface area contributed by atoms with Crippen LogP contribution < -0.4 is 19.3 Å². The predicted octanol–water partition coefficient (Wildman–Crippen LogP) is 5.30. The van der Waals surface area contributed by atoms with Crippen LogP contribution in [0.3, 0.4) is 0 Å². The van der Waals surface area contributed by atoms with Crippen LogP contribution in [0.2, 0.25) is 0 Å². The lowest BCUT2D eigenvalue weighted by Gasteiger charge is -2.15. The number of benzene rings is 4. The molecule has 206 valence electrons. The van der Waals surface area contributed by atoms with Gasteiger partial charge >= 0.3 is 0 Å². The molecule has 4 amide bonds. The predicted molar refractivity (Wildman–Crippen MR) is 154 cm³/mol. The lowest BCUT2D eigenvalue weighted by molar-refractivity contribution is -0.121. The molecular formula is C32H20N2O7S. The van der Waals surface area contributed by atoms with Gasteiger partial charge in [-0.15, -0.1) is 0 Å². The van der Waals surface area contributed by atoms with E-state index in [2.05, 4.69) is 0 Å². The molecule has 0 atom stereocenters. The van der Waals surface area contributed by atoms with Crippen molar-refractivity contribution in [3.8, 4) is 23.0 Å². The maximum Gasteiger partial charge on any atom is 0.258 e. The molecule has 0 saturated carbocycles. The Bertz CT molecular complexity index is 1580. The Morgan fingerprint density at radius 2 is 0.690 bits per heavy atom. The first-order valence-electron chi connectivity index (χ1n) is 12.7. The highest BCUT2D eigenvalue weighted by Gasteiger charge is 2.26. The minimum Gasteiger partial charge on any atom is -0.606 e. The number of amides is 4. The summed E-state index contributed by atoms with van der Waals surface area (Å²) in [6, 6.07) is 26.8. The maximum absolute atomic E-state index is 13.1. The van der Waals surface area contributed by atoms with E-state index in [4.69, 9.17) is 9.47 Å². The monoisotopic (exact) mass is 576 g/mol. The smallest absolute Gasteiger partial charge is 0.258 e. The van der Waals surface area contributed by atoms with Crippen molar-refractivity contribution in [2.75, 3.05) is 9.80 Å². The van der Waals surface area contributed by atoms with Gasteiger partial charge in [-0.25, -0.2) is 9.80 Å². The molecule has 2 aliphatic rings. The van der Waals surface area contributed by atoms with Gasteiger partial charge in [-0.2, -0.15) is 0 Å². The van der Waals surface area contributed by atoms with E-state index in [1.807, 2.05) is 0 Å². The van der Waals surface area contributed by atoms with E-state index in [0.29, 0.717) is 44.2 Å². The quantitative estimate of drug-likeness (QED) is 0.207. The number of carbonyl (C=O) groups excluding carboxylic acids is 4. The largest absolute Gasteiger partial charge is 0.606 e. The fourth-order valence-corrected chi connectivity index (χ4v) is 5.35. The van der Waals surface area contributed by atoms with Crippen LogP contribution in [-0.2, 0) is 30.4 Å². The fraction of sp³-hybridized carbons (Fsp3) is 0. The first-order valence-corrected chi connectivity index (χ1v) is 13.8. The molecule has 0 fully saturated rings. The highest BCUT2D eigenvalue weighted by molar-refractivity contribution is 7.91. The number of anilines is 2. The zero-order valence-corrected chi connectivity index (χ0v) is 22.5. The number of nitrogens with zero attached hydrogens (tertiary/aromatic N) is 2. The summed E-state index contributed by atoms with van der Waals surface area (Å²) in [5.74, 6) is 0.531. The SMILES string of the molecule is O=C1C=CC(=O)N1c1ccc(Oc2ccc([S+]([O-])c3ccc(Oc4ccc(N5C(=O)C=CC5=O)cc4)cc3)cc2)cc1. The summed E-state index contributed by atoms with van der Waals surface area (Å²) in [5.41, 5.74) is 0.904. The summed E-state index contributed by atoms with van der Waals surface area (Å²) >= 11 is -1.44. The Balaban J connectivity index is 1.05. The van der Waals surface area contributed by atoms with Crippen LogP contribution in [-0.4, -0.2) is 28.2 Å². The first kappa shape index (κ1) is 26.8. The Labute approximate surface area is 243 Å². The van der Waals surface area contributed by atoms with Gasteiger partial charge in [0.1, 0.15) is 23.0 Å². The Kier molecular flexibility index (Phi) is 7.14. The maximum atomic E-state index is 13.1. The fourth-order valence-electron chi connectivity index (χ4n) is 4.31. The second-order valence-corrected chi connectivity index (χ2v) is 10.6. The van der Waals surface area contributed by atoms with Gasteiger partial charge in [0.15, 0.2) is 9.79 Å². The summed E-state index contributed by atoms with van der Waals surface area (Å²) in [6.45, 7) is 0. The van der Waals surface area contributed by atoms with E-state index in [1.165, 1.54) is 24.3 Å². The molecule has 2 heterocycles. The molecule has 10 heteroatoms. The van der Waals surface area contributed by atoms with Crippen molar-refractivity contribution < 1.29 is 33.2 Å². The number of hydrogen-bond donors (Lipinski definition) is 0. The zero-order chi connectivity index (χ0) is 29.2. The van der Waals surface area contributed by atoms with Crippen LogP contribution >= 0.6 is 0 Å². The standard InChI is InChI=1S/C32H20N2O7S/c35-29-17-18-30(36)33(29)21-1-5-23(6-2-21)40-25-9-13-27(14-10-25)42(39)28-15-11-26(12-16-28)41-24-7-3-22(4-8-24)34-31(37)19-20-32(34)38/h1-20H. The Morgan fingerprint density at radius 1 is 0.429 bits per heavy atom. The number of carbonyl (C=O) groups is 4. The van der Waals surface area contributed by atoms with E-state index in [1.54, 1.807) is 97.1 Å². The van der Waals surface area contributed by atoms with Crippen molar-refractivity contribution in [1.82, 2.24) is 0 Å². The van der Waals surface area contributed by atoms with Crippen LogP contribution in [0.25, 0.3) is 0 Å². The average molecular weight is 577 g/mol. The minimum absolute atomic E-state index is 0.389. The highest BCUT2D eigenvalue weighted by atomic mass is 32.2. The molecule has 9 nitrogen and oxygen atoms in total. The first-order chi connectivity index (χ1) is 20.4. The number of ether oxygens (including phenoxy) is 2. The Morgan fingerprint density at radius 3 is 0.976 bits per heavy atom. The molecule has 0 aromatic heterocycles. The van der Waals surface area contributed by atoms with E-state index < -0.39 is 11.2 Å². The molecule has 0 aliphatic carbocycles. The van der Waals surface area contributed by atoms with Crippen molar-refractivity contribution in [2.45, 2.75) is 9.79 Å². The molecular weight excluding hydrogens is 556 g/mol. The normalized spacial score (nSPS) is 14.4. The van der Waals surface area contributed by atoms with Crippen molar-refractivity contribution in [1.29, 1.82) is 0 Å².